The zero-order valence-electron chi connectivity index (χ0n) is 13.0. The lowest BCUT2D eigenvalue weighted by Crippen LogP contribution is -1.91. The average Bonchev–Trinajstić information content (AvgIpc) is 2.94. The predicted molar refractivity (Wildman–Crippen MR) is 103 cm³/mol. The number of ether oxygens (including phenoxy) is 1. The number of imidazole rings is 1. The number of hydrogen-bond acceptors (Lipinski definition) is 3. The van der Waals surface area contributed by atoms with Gasteiger partial charge in [-0.15, -0.1) is 0 Å². The summed E-state index contributed by atoms with van der Waals surface area (Å²) in [6.45, 7) is 2.02. The summed E-state index contributed by atoms with van der Waals surface area (Å²) in [5.74, 6) is 1.20. The van der Waals surface area contributed by atoms with E-state index in [2.05, 4.69) is 47.9 Å². The van der Waals surface area contributed by atoms with Crippen molar-refractivity contribution in [3.8, 4) is 11.8 Å². The van der Waals surface area contributed by atoms with Crippen molar-refractivity contribution in [2.45, 2.75) is 6.92 Å². The Morgan fingerprint density at radius 1 is 1.29 bits per heavy atom. The van der Waals surface area contributed by atoms with Gasteiger partial charge >= 0.3 is 0 Å². The molecule has 0 aliphatic carbocycles. The Bertz CT molecular complexity index is 999. The molecule has 0 fully saturated rings. The molecule has 0 aliphatic heterocycles. The molecule has 2 aromatic carbocycles. The van der Waals surface area contributed by atoms with E-state index in [1.165, 1.54) is 0 Å². The largest absolute Gasteiger partial charge is 0.495 e. The number of aryl methyl sites for hydroxylation is 1. The molecule has 1 N–H and O–H groups in total. The number of nitrogens with one attached hydrogen (secondary N) is 1. The smallest absolute Gasteiger partial charge is 0.149 e. The monoisotopic (exact) mass is 445 g/mol. The maximum Gasteiger partial charge on any atom is 0.149 e. The van der Waals surface area contributed by atoms with Crippen molar-refractivity contribution >= 4 is 54.5 Å². The average molecular weight is 447 g/mol. The number of rotatable bonds is 3. The number of methoxy groups -OCH3 is 1. The molecule has 0 unspecified atom stereocenters. The first-order chi connectivity index (χ1) is 11.5. The first-order valence-corrected chi connectivity index (χ1v) is 8.72. The van der Waals surface area contributed by atoms with Crippen LogP contribution in [0.4, 0.5) is 0 Å². The number of benzene rings is 2. The summed E-state index contributed by atoms with van der Waals surface area (Å²) in [6, 6.07) is 12.0. The van der Waals surface area contributed by atoms with Crippen molar-refractivity contribution < 1.29 is 4.74 Å². The van der Waals surface area contributed by atoms with E-state index in [4.69, 9.17) is 4.74 Å². The second kappa shape index (κ2) is 6.80. The number of aromatic amines is 1. The van der Waals surface area contributed by atoms with E-state index in [9.17, 15) is 5.26 Å². The van der Waals surface area contributed by atoms with Crippen LogP contribution in [0.1, 0.15) is 17.0 Å². The van der Waals surface area contributed by atoms with E-state index in [1.807, 2.05) is 37.3 Å². The number of fused-ring (bicyclic) bond motifs is 1. The quantitative estimate of drug-likeness (QED) is 0.542. The molecule has 4 nitrogen and oxygen atoms in total. The standard InChI is InChI=1S/C18H13Br2N3O/c1-10-3-4-15-16(5-10)23-18(22-15)12(9-21)6-11-7-13(19)8-14(20)17(11)24-2/h3-8H,1-2H3,(H,22,23)/b12-6-. The van der Waals surface area contributed by atoms with Gasteiger partial charge in [0.25, 0.3) is 0 Å². The molecular weight excluding hydrogens is 434 g/mol. The Kier molecular flexibility index (Phi) is 4.74. The van der Waals surface area contributed by atoms with Crippen LogP contribution in [-0.2, 0) is 0 Å². The van der Waals surface area contributed by atoms with Crippen LogP contribution in [0, 0.1) is 18.3 Å². The third-order valence-corrected chi connectivity index (χ3v) is 4.60. The number of hydrogen-bond donors (Lipinski definition) is 1. The lowest BCUT2D eigenvalue weighted by molar-refractivity contribution is 0.411. The molecule has 1 heterocycles. The normalized spacial score (nSPS) is 11.5. The summed E-state index contributed by atoms with van der Waals surface area (Å²) in [7, 11) is 1.60. The third kappa shape index (κ3) is 3.23. The van der Waals surface area contributed by atoms with Crippen LogP contribution in [-0.4, -0.2) is 17.1 Å². The number of allylic oxidation sites excluding steroid dienone is 1. The second-order valence-electron chi connectivity index (χ2n) is 5.29. The molecule has 3 rings (SSSR count). The predicted octanol–water partition coefficient (Wildman–Crippen LogP) is 5.47. The van der Waals surface area contributed by atoms with Crippen LogP contribution in [0.3, 0.4) is 0 Å². The summed E-state index contributed by atoms with van der Waals surface area (Å²) >= 11 is 6.93. The van der Waals surface area contributed by atoms with E-state index in [0.29, 0.717) is 17.1 Å². The topological polar surface area (TPSA) is 61.7 Å². The summed E-state index contributed by atoms with van der Waals surface area (Å²) < 4.78 is 7.13. The van der Waals surface area contributed by atoms with Crippen LogP contribution < -0.4 is 4.74 Å². The van der Waals surface area contributed by atoms with Crippen LogP contribution in [0.2, 0.25) is 0 Å². The van der Waals surface area contributed by atoms with E-state index >= 15 is 0 Å². The van der Waals surface area contributed by atoms with Crippen LogP contribution in [0.25, 0.3) is 22.7 Å². The molecule has 1 aromatic heterocycles. The summed E-state index contributed by atoms with van der Waals surface area (Å²) in [5, 5.41) is 9.58. The Labute approximate surface area is 156 Å². The molecule has 0 spiro atoms. The van der Waals surface area contributed by atoms with Gasteiger partial charge in [0.15, 0.2) is 0 Å². The highest BCUT2D eigenvalue weighted by molar-refractivity contribution is 9.11. The van der Waals surface area contributed by atoms with Gasteiger partial charge in [0, 0.05) is 10.0 Å². The lowest BCUT2D eigenvalue weighted by Gasteiger charge is -2.08. The van der Waals surface area contributed by atoms with E-state index < -0.39 is 0 Å². The number of halogens is 2. The maximum atomic E-state index is 9.58. The van der Waals surface area contributed by atoms with Gasteiger partial charge in [0.2, 0.25) is 0 Å². The number of aromatic nitrogens is 2. The minimum absolute atomic E-state index is 0.437. The highest BCUT2D eigenvalue weighted by Crippen LogP contribution is 2.34. The van der Waals surface area contributed by atoms with Crippen molar-refractivity contribution in [3.05, 3.63) is 56.2 Å². The molecule has 0 saturated carbocycles. The minimum atomic E-state index is 0.437. The van der Waals surface area contributed by atoms with Crippen molar-refractivity contribution in [3.63, 3.8) is 0 Å². The van der Waals surface area contributed by atoms with Gasteiger partial charge in [-0.1, -0.05) is 22.0 Å². The molecule has 6 heteroatoms. The van der Waals surface area contributed by atoms with Crippen molar-refractivity contribution in [1.82, 2.24) is 9.97 Å². The number of H-pyrrole nitrogens is 1. The van der Waals surface area contributed by atoms with Crippen LogP contribution in [0.15, 0.2) is 39.3 Å². The summed E-state index contributed by atoms with van der Waals surface area (Å²) in [5.41, 5.74) is 4.10. The zero-order valence-corrected chi connectivity index (χ0v) is 16.2. The molecule has 0 amide bonds. The molecule has 0 bridgehead atoms. The van der Waals surface area contributed by atoms with Crippen LogP contribution >= 0.6 is 31.9 Å². The molecule has 3 aromatic rings. The van der Waals surface area contributed by atoms with E-state index in [1.54, 1.807) is 13.2 Å². The fourth-order valence-electron chi connectivity index (χ4n) is 2.46. The van der Waals surface area contributed by atoms with Gasteiger partial charge < -0.3 is 9.72 Å². The Morgan fingerprint density at radius 3 is 2.79 bits per heavy atom. The zero-order chi connectivity index (χ0) is 17.3. The van der Waals surface area contributed by atoms with Crippen molar-refractivity contribution in [2.24, 2.45) is 0 Å². The molecule has 120 valence electrons. The molecular formula is C18H13Br2N3O. The first kappa shape index (κ1) is 16.7. The van der Waals surface area contributed by atoms with E-state index in [-0.39, 0.29) is 0 Å². The fraction of sp³-hybridized carbons (Fsp3) is 0.111. The first-order valence-electron chi connectivity index (χ1n) is 7.13. The highest BCUT2D eigenvalue weighted by atomic mass is 79.9. The van der Waals surface area contributed by atoms with Gasteiger partial charge in [-0.05, 0) is 58.8 Å². The third-order valence-electron chi connectivity index (χ3n) is 3.55. The number of nitrogens with zero attached hydrogens (tertiary/aromatic N) is 2. The van der Waals surface area contributed by atoms with Crippen molar-refractivity contribution in [1.29, 1.82) is 5.26 Å². The Hall–Kier alpha value is -2.10. The second-order valence-corrected chi connectivity index (χ2v) is 7.06. The van der Waals surface area contributed by atoms with Gasteiger partial charge in [-0.2, -0.15) is 5.26 Å². The van der Waals surface area contributed by atoms with Gasteiger partial charge in [0.1, 0.15) is 17.6 Å². The minimum Gasteiger partial charge on any atom is -0.495 e. The SMILES string of the molecule is COc1c(Br)cc(Br)cc1/C=C(/C#N)c1nc2ccc(C)cc2[nH]1. The molecule has 0 aliphatic rings. The summed E-state index contributed by atoms with van der Waals surface area (Å²) in [6.07, 6.45) is 1.76. The molecule has 0 radical (unpaired) electrons. The van der Waals surface area contributed by atoms with Gasteiger partial charge in [-0.25, -0.2) is 4.98 Å². The fourth-order valence-corrected chi connectivity index (χ4v) is 3.88. The van der Waals surface area contributed by atoms with E-state index in [0.717, 1.165) is 31.1 Å². The summed E-state index contributed by atoms with van der Waals surface area (Å²) in [4.78, 5) is 7.72. The van der Waals surface area contributed by atoms with Crippen LogP contribution in [0.5, 0.6) is 5.75 Å². The molecule has 0 saturated heterocycles. The highest BCUT2D eigenvalue weighted by Gasteiger charge is 2.12. The van der Waals surface area contributed by atoms with Crippen molar-refractivity contribution in [2.75, 3.05) is 7.11 Å². The van der Waals surface area contributed by atoms with Gasteiger partial charge in [-0.3, -0.25) is 0 Å². The Balaban J connectivity index is 2.14. The van der Waals surface area contributed by atoms with Gasteiger partial charge in [0.05, 0.1) is 28.2 Å². The Morgan fingerprint density at radius 2 is 2.08 bits per heavy atom. The molecule has 0 atom stereocenters. The number of nitriles is 1. The molecule has 24 heavy (non-hydrogen) atoms. The lowest BCUT2D eigenvalue weighted by atomic mass is 10.1. The maximum absolute atomic E-state index is 9.58.